The molecule has 1 saturated heterocycles. The number of halogens is 1. The average Bonchev–Trinajstić information content (AvgIpc) is 3.18. The van der Waals surface area contributed by atoms with Crippen LogP contribution in [-0.2, 0) is 31.2 Å². The second-order valence-electron chi connectivity index (χ2n) is 6.66. The van der Waals surface area contributed by atoms with Gasteiger partial charge in [0.05, 0.1) is 12.2 Å². The van der Waals surface area contributed by atoms with Gasteiger partial charge >= 0.3 is 0 Å². The van der Waals surface area contributed by atoms with E-state index in [1.807, 2.05) is 16.6 Å². The molecule has 27 heavy (non-hydrogen) atoms. The molecule has 0 aliphatic carbocycles. The van der Waals surface area contributed by atoms with Gasteiger partial charge in [0.2, 0.25) is 5.91 Å². The third-order valence-electron chi connectivity index (χ3n) is 4.84. The van der Waals surface area contributed by atoms with Crippen LogP contribution in [0.25, 0.3) is 0 Å². The van der Waals surface area contributed by atoms with Gasteiger partial charge in [-0.3, -0.25) is 9.48 Å². The lowest BCUT2D eigenvalue weighted by Gasteiger charge is -2.16. The fraction of sp³-hybridized carbons (Fsp3) is 0.737. The van der Waals surface area contributed by atoms with Crippen LogP contribution in [0, 0.1) is 0 Å². The number of likely N-dealkylation sites (tertiary alicyclic amines) is 1. The Balaban J connectivity index is 0.00000364. The van der Waals surface area contributed by atoms with Crippen molar-refractivity contribution in [3.05, 3.63) is 17.0 Å². The highest BCUT2D eigenvalue weighted by Gasteiger charge is 2.19. The van der Waals surface area contributed by atoms with Gasteiger partial charge in [-0.1, -0.05) is 13.8 Å². The van der Waals surface area contributed by atoms with Gasteiger partial charge in [-0.25, -0.2) is 4.99 Å². The number of nitrogens with zero attached hydrogens (tertiary/aromatic N) is 4. The normalized spacial score (nSPS) is 14.4. The highest BCUT2D eigenvalue weighted by molar-refractivity contribution is 14.0. The van der Waals surface area contributed by atoms with Crippen LogP contribution in [0.5, 0.6) is 0 Å². The summed E-state index contributed by atoms with van der Waals surface area (Å²) in [6.45, 7) is 10.4. The van der Waals surface area contributed by atoms with Crippen molar-refractivity contribution in [3.8, 4) is 0 Å². The SMILES string of the molecule is CCNC(=NCc1c(CC)nn(C)c1CC)NCCCN1CCCC1=O.I. The van der Waals surface area contributed by atoms with E-state index in [9.17, 15) is 4.79 Å². The Morgan fingerprint density at radius 1 is 1.22 bits per heavy atom. The number of carbonyl (C=O) groups excluding carboxylic acids is 1. The van der Waals surface area contributed by atoms with Gasteiger partial charge in [0.15, 0.2) is 5.96 Å². The van der Waals surface area contributed by atoms with Crippen LogP contribution >= 0.6 is 24.0 Å². The summed E-state index contributed by atoms with van der Waals surface area (Å²) < 4.78 is 1.98. The minimum absolute atomic E-state index is 0. The van der Waals surface area contributed by atoms with E-state index in [0.29, 0.717) is 18.9 Å². The first kappa shape index (κ1) is 23.7. The largest absolute Gasteiger partial charge is 0.357 e. The molecule has 2 rings (SSSR count). The number of aliphatic imine (C=N–C) groups is 1. The van der Waals surface area contributed by atoms with Crippen molar-refractivity contribution in [2.75, 3.05) is 26.2 Å². The molecule has 1 aromatic heterocycles. The molecule has 1 fully saturated rings. The second-order valence-corrected chi connectivity index (χ2v) is 6.66. The molecule has 0 radical (unpaired) electrons. The Kier molecular flexibility index (Phi) is 10.7. The number of hydrogen-bond acceptors (Lipinski definition) is 3. The monoisotopic (exact) mass is 490 g/mol. The van der Waals surface area contributed by atoms with Gasteiger partial charge in [0, 0.05) is 50.9 Å². The maximum atomic E-state index is 11.6. The molecule has 1 aromatic rings. The molecule has 0 spiro atoms. The van der Waals surface area contributed by atoms with Crippen LogP contribution < -0.4 is 10.6 Å². The summed E-state index contributed by atoms with van der Waals surface area (Å²) in [4.78, 5) is 18.4. The van der Waals surface area contributed by atoms with Crippen molar-refractivity contribution in [1.82, 2.24) is 25.3 Å². The van der Waals surface area contributed by atoms with E-state index in [-0.39, 0.29) is 24.0 Å². The van der Waals surface area contributed by atoms with E-state index in [1.165, 1.54) is 11.3 Å². The molecule has 154 valence electrons. The molecule has 0 bridgehead atoms. The van der Waals surface area contributed by atoms with Gasteiger partial charge in [0.1, 0.15) is 0 Å². The summed E-state index contributed by atoms with van der Waals surface area (Å²) in [5, 5.41) is 11.3. The van der Waals surface area contributed by atoms with Gasteiger partial charge in [-0.05, 0) is 32.6 Å². The molecule has 7 nitrogen and oxygen atoms in total. The summed E-state index contributed by atoms with van der Waals surface area (Å²) in [5.41, 5.74) is 3.64. The number of carbonyl (C=O) groups is 1. The van der Waals surface area contributed by atoms with Crippen molar-refractivity contribution in [2.45, 2.75) is 59.4 Å². The Bertz CT molecular complexity index is 628. The first-order chi connectivity index (χ1) is 12.6. The van der Waals surface area contributed by atoms with Crippen LogP contribution in [0.2, 0.25) is 0 Å². The molecule has 0 aromatic carbocycles. The second kappa shape index (κ2) is 12.2. The molecule has 0 atom stereocenters. The molecule has 1 aliphatic heterocycles. The molecular weight excluding hydrogens is 455 g/mol. The van der Waals surface area contributed by atoms with Crippen LogP contribution in [0.3, 0.4) is 0 Å². The first-order valence-electron chi connectivity index (χ1n) is 9.94. The van der Waals surface area contributed by atoms with Crippen LogP contribution in [-0.4, -0.2) is 52.7 Å². The average molecular weight is 490 g/mol. The highest BCUT2D eigenvalue weighted by Crippen LogP contribution is 2.16. The summed E-state index contributed by atoms with van der Waals surface area (Å²) in [6.07, 6.45) is 4.53. The number of aryl methyl sites for hydroxylation is 2. The fourth-order valence-electron chi connectivity index (χ4n) is 3.49. The van der Waals surface area contributed by atoms with Gasteiger partial charge < -0.3 is 15.5 Å². The van der Waals surface area contributed by atoms with Crippen LogP contribution in [0.15, 0.2) is 4.99 Å². The first-order valence-corrected chi connectivity index (χ1v) is 9.94. The number of hydrogen-bond donors (Lipinski definition) is 2. The number of guanidine groups is 1. The fourth-order valence-corrected chi connectivity index (χ4v) is 3.49. The van der Waals surface area contributed by atoms with Gasteiger partial charge in [-0.15, -0.1) is 24.0 Å². The van der Waals surface area contributed by atoms with Crippen molar-refractivity contribution in [3.63, 3.8) is 0 Å². The van der Waals surface area contributed by atoms with Crippen LogP contribution in [0.1, 0.15) is 57.0 Å². The molecule has 2 N–H and O–H groups in total. The van der Waals surface area contributed by atoms with Crippen LogP contribution in [0.4, 0.5) is 0 Å². The lowest BCUT2D eigenvalue weighted by molar-refractivity contribution is -0.127. The Labute approximate surface area is 180 Å². The lowest BCUT2D eigenvalue weighted by atomic mass is 10.1. The van der Waals surface area contributed by atoms with E-state index < -0.39 is 0 Å². The predicted octanol–water partition coefficient (Wildman–Crippen LogP) is 2.23. The minimum atomic E-state index is 0. The zero-order valence-electron chi connectivity index (χ0n) is 17.2. The minimum Gasteiger partial charge on any atom is -0.357 e. The molecule has 2 heterocycles. The highest BCUT2D eigenvalue weighted by atomic mass is 127. The van der Waals surface area contributed by atoms with E-state index >= 15 is 0 Å². The number of rotatable bonds is 9. The smallest absolute Gasteiger partial charge is 0.222 e. The molecule has 1 aliphatic rings. The van der Waals surface area contributed by atoms with E-state index in [4.69, 9.17) is 4.99 Å². The zero-order valence-corrected chi connectivity index (χ0v) is 19.5. The van der Waals surface area contributed by atoms with Crippen molar-refractivity contribution >= 4 is 35.8 Å². The summed E-state index contributed by atoms with van der Waals surface area (Å²) in [5.74, 6) is 1.12. The lowest BCUT2D eigenvalue weighted by Crippen LogP contribution is -2.39. The topological polar surface area (TPSA) is 74.6 Å². The summed E-state index contributed by atoms with van der Waals surface area (Å²) in [6, 6.07) is 0. The van der Waals surface area contributed by atoms with Crippen molar-refractivity contribution in [2.24, 2.45) is 12.0 Å². The van der Waals surface area contributed by atoms with Crippen molar-refractivity contribution < 1.29 is 4.79 Å². The Morgan fingerprint density at radius 2 is 2.00 bits per heavy atom. The molecular formula is C19H35IN6O. The third kappa shape index (κ3) is 6.65. The number of amides is 1. The Morgan fingerprint density at radius 3 is 2.59 bits per heavy atom. The number of nitrogens with one attached hydrogen (secondary N) is 2. The quantitative estimate of drug-likeness (QED) is 0.241. The Hall–Kier alpha value is -1.32. The molecule has 0 saturated carbocycles. The summed E-state index contributed by atoms with van der Waals surface area (Å²) in [7, 11) is 2.01. The maximum absolute atomic E-state index is 11.6. The van der Waals surface area contributed by atoms with E-state index in [0.717, 1.165) is 63.5 Å². The van der Waals surface area contributed by atoms with Gasteiger partial charge in [-0.2, -0.15) is 5.10 Å². The predicted molar refractivity (Wildman–Crippen MR) is 121 cm³/mol. The summed E-state index contributed by atoms with van der Waals surface area (Å²) >= 11 is 0. The molecule has 1 amide bonds. The zero-order chi connectivity index (χ0) is 18.9. The maximum Gasteiger partial charge on any atom is 0.222 e. The number of aromatic nitrogens is 2. The molecule has 0 unspecified atom stereocenters. The third-order valence-corrected chi connectivity index (χ3v) is 4.84. The van der Waals surface area contributed by atoms with E-state index in [1.54, 1.807) is 0 Å². The van der Waals surface area contributed by atoms with Gasteiger partial charge in [0.25, 0.3) is 0 Å². The molecule has 8 heteroatoms. The van der Waals surface area contributed by atoms with Crippen molar-refractivity contribution in [1.29, 1.82) is 0 Å². The van der Waals surface area contributed by atoms with E-state index in [2.05, 4.69) is 36.5 Å². The standard InChI is InChI=1S/C19H34N6O.HI/c1-5-16-15(17(6-2)24(4)23-16)14-22-19(20-7-3)21-11-9-13-25-12-8-10-18(25)26;/h5-14H2,1-4H3,(H2,20,21,22);1H.